The van der Waals surface area contributed by atoms with Crippen molar-refractivity contribution in [3.05, 3.63) is 46.3 Å². The summed E-state index contributed by atoms with van der Waals surface area (Å²) in [4.78, 5) is 24.9. The van der Waals surface area contributed by atoms with Crippen LogP contribution in [0.1, 0.15) is 41.0 Å². The van der Waals surface area contributed by atoms with E-state index in [1.807, 2.05) is 26.8 Å². The minimum atomic E-state index is -0.276. The summed E-state index contributed by atoms with van der Waals surface area (Å²) in [6.07, 6.45) is 3.27. The summed E-state index contributed by atoms with van der Waals surface area (Å²) < 4.78 is 1.53. The maximum Gasteiger partial charge on any atom is 0.276 e. The van der Waals surface area contributed by atoms with Gasteiger partial charge in [0.1, 0.15) is 11.5 Å². The molecule has 7 nitrogen and oxygen atoms in total. The number of nitrogens with one attached hydrogen (secondary N) is 1. The van der Waals surface area contributed by atoms with Gasteiger partial charge >= 0.3 is 0 Å². The number of carbonyl (C=O) groups is 1. The van der Waals surface area contributed by atoms with Gasteiger partial charge in [-0.25, -0.2) is 15.0 Å². The number of aromatic nitrogens is 5. The van der Waals surface area contributed by atoms with E-state index in [0.717, 1.165) is 10.7 Å². The zero-order valence-corrected chi connectivity index (χ0v) is 13.8. The van der Waals surface area contributed by atoms with E-state index >= 15 is 0 Å². The molecule has 0 fully saturated rings. The van der Waals surface area contributed by atoms with Gasteiger partial charge in [-0.15, -0.1) is 11.3 Å². The van der Waals surface area contributed by atoms with E-state index in [-0.39, 0.29) is 11.8 Å². The van der Waals surface area contributed by atoms with Crippen LogP contribution < -0.4 is 5.32 Å². The van der Waals surface area contributed by atoms with Crippen molar-refractivity contribution in [3.63, 3.8) is 0 Å². The van der Waals surface area contributed by atoms with E-state index in [4.69, 9.17) is 0 Å². The van der Waals surface area contributed by atoms with Gasteiger partial charge in [0.05, 0.1) is 10.7 Å². The molecule has 118 valence electrons. The van der Waals surface area contributed by atoms with Crippen LogP contribution in [0.15, 0.2) is 29.9 Å². The van der Waals surface area contributed by atoms with Crippen molar-refractivity contribution in [1.82, 2.24) is 24.7 Å². The SMILES string of the molecule is Cc1nc(C(=O)Nc2cc(C(C)C)nn2-c2ncccn2)cs1. The van der Waals surface area contributed by atoms with Gasteiger partial charge in [0.15, 0.2) is 0 Å². The zero-order valence-electron chi connectivity index (χ0n) is 13.0. The number of anilines is 1. The van der Waals surface area contributed by atoms with Crippen molar-refractivity contribution in [2.75, 3.05) is 5.32 Å². The van der Waals surface area contributed by atoms with E-state index in [1.165, 1.54) is 16.0 Å². The molecular weight excluding hydrogens is 312 g/mol. The lowest BCUT2D eigenvalue weighted by molar-refractivity contribution is 0.102. The van der Waals surface area contributed by atoms with E-state index in [1.54, 1.807) is 23.8 Å². The third-order valence-corrected chi connectivity index (χ3v) is 3.93. The van der Waals surface area contributed by atoms with Crippen LogP contribution in [0.4, 0.5) is 5.82 Å². The molecule has 23 heavy (non-hydrogen) atoms. The van der Waals surface area contributed by atoms with Crippen LogP contribution >= 0.6 is 11.3 Å². The largest absolute Gasteiger partial charge is 0.305 e. The number of hydrogen-bond donors (Lipinski definition) is 1. The Hall–Kier alpha value is -2.61. The lowest BCUT2D eigenvalue weighted by Gasteiger charge is -2.05. The predicted octanol–water partition coefficient (Wildman–Crippen LogP) is 2.80. The van der Waals surface area contributed by atoms with Crippen molar-refractivity contribution < 1.29 is 4.79 Å². The molecule has 0 saturated heterocycles. The zero-order chi connectivity index (χ0) is 16.4. The summed E-state index contributed by atoms with van der Waals surface area (Å²) >= 11 is 1.43. The van der Waals surface area contributed by atoms with Crippen LogP contribution in [0, 0.1) is 6.92 Å². The first kappa shape index (κ1) is 15.3. The minimum Gasteiger partial charge on any atom is -0.305 e. The molecule has 3 rings (SSSR count). The van der Waals surface area contributed by atoms with Gasteiger partial charge in [0.2, 0.25) is 0 Å². The fourth-order valence-corrected chi connectivity index (χ4v) is 2.56. The fraction of sp³-hybridized carbons (Fsp3) is 0.267. The summed E-state index contributed by atoms with van der Waals surface area (Å²) in [5, 5.41) is 9.91. The molecule has 0 unspecified atom stereocenters. The van der Waals surface area contributed by atoms with Crippen LogP contribution in [0.3, 0.4) is 0 Å². The molecule has 1 amide bonds. The second kappa shape index (κ2) is 6.25. The van der Waals surface area contributed by atoms with Crippen LogP contribution in [0.2, 0.25) is 0 Å². The Morgan fingerprint density at radius 3 is 2.65 bits per heavy atom. The maximum absolute atomic E-state index is 12.3. The quantitative estimate of drug-likeness (QED) is 0.796. The predicted molar refractivity (Wildman–Crippen MR) is 88.0 cm³/mol. The van der Waals surface area contributed by atoms with Crippen molar-refractivity contribution >= 4 is 23.1 Å². The molecule has 0 aromatic carbocycles. The van der Waals surface area contributed by atoms with Crippen LogP contribution in [-0.4, -0.2) is 30.6 Å². The molecule has 3 aromatic heterocycles. The Morgan fingerprint density at radius 2 is 2.04 bits per heavy atom. The summed E-state index contributed by atoms with van der Waals surface area (Å²) in [7, 11) is 0. The molecule has 3 heterocycles. The van der Waals surface area contributed by atoms with Crippen molar-refractivity contribution in [2.45, 2.75) is 26.7 Å². The van der Waals surface area contributed by atoms with Gasteiger partial charge in [0, 0.05) is 23.8 Å². The van der Waals surface area contributed by atoms with Crippen LogP contribution in [0.25, 0.3) is 5.95 Å². The fourth-order valence-electron chi connectivity index (χ4n) is 1.97. The van der Waals surface area contributed by atoms with Gasteiger partial charge in [-0.2, -0.15) is 9.78 Å². The Balaban J connectivity index is 1.96. The lowest BCUT2D eigenvalue weighted by Crippen LogP contribution is -2.16. The van der Waals surface area contributed by atoms with E-state index in [0.29, 0.717) is 17.5 Å². The first-order valence-electron chi connectivity index (χ1n) is 7.15. The Kier molecular flexibility index (Phi) is 4.16. The number of aryl methyl sites for hydroxylation is 1. The second-order valence-electron chi connectivity index (χ2n) is 5.28. The second-order valence-corrected chi connectivity index (χ2v) is 6.34. The molecule has 8 heteroatoms. The third kappa shape index (κ3) is 3.26. The molecule has 0 aliphatic carbocycles. The molecule has 1 N–H and O–H groups in total. The Labute approximate surface area is 137 Å². The average Bonchev–Trinajstić information content (AvgIpc) is 3.15. The van der Waals surface area contributed by atoms with Gasteiger partial charge in [-0.1, -0.05) is 13.8 Å². The molecule has 0 aliphatic heterocycles. The smallest absolute Gasteiger partial charge is 0.276 e. The van der Waals surface area contributed by atoms with E-state index in [2.05, 4.69) is 25.4 Å². The average molecular weight is 328 g/mol. The normalized spacial score (nSPS) is 11.0. The van der Waals surface area contributed by atoms with Gasteiger partial charge in [0.25, 0.3) is 11.9 Å². The Bertz CT molecular complexity index is 824. The highest BCUT2D eigenvalue weighted by atomic mass is 32.1. The number of carbonyl (C=O) groups excluding carboxylic acids is 1. The topological polar surface area (TPSA) is 85.6 Å². The number of hydrogen-bond acceptors (Lipinski definition) is 6. The molecule has 0 atom stereocenters. The van der Waals surface area contributed by atoms with Crippen molar-refractivity contribution in [2.24, 2.45) is 0 Å². The molecule has 0 saturated carbocycles. The molecule has 0 spiro atoms. The van der Waals surface area contributed by atoms with E-state index < -0.39 is 0 Å². The lowest BCUT2D eigenvalue weighted by atomic mass is 10.1. The summed E-state index contributed by atoms with van der Waals surface area (Å²) in [6.45, 7) is 5.93. The number of amides is 1. The summed E-state index contributed by atoms with van der Waals surface area (Å²) in [5.74, 6) is 0.874. The molecule has 0 radical (unpaired) electrons. The Morgan fingerprint density at radius 1 is 1.30 bits per heavy atom. The van der Waals surface area contributed by atoms with Crippen molar-refractivity contribution in [3.8, 4) is 5.95 Å². The van der Waals surface area contributed by atoms with E-state index in [9.17, 15) is 4.79 Å². The van der Waals surface area contributed by atoms with Crippen LogP contribution in [0.5, 0.6) is 0 Å². The minimum absolute atomic E-state index is 0.220. The number of thiazole rings is 1. The highest BCUT2D eigenvalue weighted by Gasteiger charge is 2.17. The molecule has 0 aliphatic rings. The standard InChI is InChI=1S/C15H16N6OS/c1-9(2)11-7-13(19-14(22)12-8-23-10(3)18-12)21(20-11)15-16-5-4-6-17-15/h4-9H,1-3H3,(H,19,22). The maximum atomic E-state index is 12.3. The summed E-state index contributed by atoms with van der Waals surface area (Å²) in [6, 6.07) is 3.56. The molecule has 0 bridgehead atoms. The first-order valence-corrected chi connectivity index (χ1v) is 8.03. The number of nitrogens with zero attached hydrogens (tertiary/aromatic N) is 5. The van der Waals surface area contributed by atoms with Gasteiger partial charge in [-0.3, -0.25) is 4.79 Å². The highest BCUT2D eigenvalue weighted by Crippen LogP contribution is 2.21. The molecule has 3 aromatic rings. The summed E-state index contributed by atoms with van der Waals surface area (Å²) in [5.41, 5.74) is 1.24. The third-order valence-electron chi connectivity index (χ3n) is 3.15. The first-order chi connectivity index (χ1) is 11.0. The monoisotopic (exact) mass is 328 g/mol. The molecular formula is C15H16N6OS. The van der Waals surface area contributed by atoms with Crippen LogP contribution in [-0.2, 0) is 0 Å². The van der Waals surface area contributed by atoms with Crippen molar-refractivity contribution in [1.29, 1.82) is 0 Å². The highest BCUT2D eigenvalue weighted by molar-refractivity contribution is 7.09. The van der Waals surface area contributed by atoms with Gasteiger partial charge < -0.3 is 5.32 Å². The number of rotatable bonds is 4. The van der Waals surface area contributed by atoms with Gasteiger partial charge in [-0.05, 0) is 18.9 Å².